The van der Waals surface area contributed by atoms with Gasteiger partial charge in [-0.2, -0.15) is 0 Å². The normalized spacial score (nSPS) is 32.2. The summed E-state index contributed by atoms with van der Waals surface area (Å²) >= 11 is 0. The lowest BCUT2D eigenvalue weighted by Crippen LogP contribution is -2.53. The summed E-state index contributed by atoms with van der Waals surface area (Å²) in [5.74, 6) is -3.24. The largest absolute Gasteiger partial charge is 0.468 e. The molecule has 0 aromatic heterocycles. The maximum atomic E-state index is 13.2. The van der Waals surface area contributed by atoms with Gasteiger partial charge in [-0.15, -0.1) is 0 Å². The van der Waals surface area contributed by atoms with Crippen LogP contribution in [0.2, 0.25) is 0 Å². The first-order valence-electron chi connectivity index (χ1n) is 7.82. The highest BCUT2D eigenvalue weighted by Gasteiger charge is 2.66. The van der Waals surface area contributed by atoms with E-state index in [-0.39, 0.29) is 18.4 Å². The topological polar surface area (TPSA) is 75.7 Å². The van der Waals surface area contributed by atoms with Gasteiger partial charge in [-0.3, -0.25) is 24.6 Å². The van der Waals surface area contributed by atoms with Crippen molar-refractivity contribution in [2.45, 2.75) is 25.4 Å². The zero-order chi connectivity index (χ0) is 17.6. The number of benzene rings is 1. The summed E-state index contributed by atoms with van der Waals surface area (Å²) in [6, 6.07) is 5.13. The van der Waals surface area contributed by atoms with E-state index in [4.69, 9.17) is 4.74 Å². The van der Waals surface area contributed by atoms with Crippen molar-refractivity contribution < 1.29 is 23.5 Å². The average molecular weight is 334 g/mol. The van der Waals surface area contributed by atoms with Crippen LogP contribution >= 0.6 is 0 Å². The molecule has 2 saturated heterocycles. The first kappa shape index (κ1) is 16.6. The molecule has 3 rings (SSSR count). The smallest absolute Gasteiger partial charge is 0.326 e. The molecular weight excluding hydrogens is 315 g/mol. The van der Waals surface area contributed by atoms with Gasteiger partial charge in [-0.25, -0.2) is 4.39 Å². The third-order valence-electron chi connectivity index (χ3n) is 5.03. The molecule has 1 aromatic carbocycles. The van der Waals surface area contributed by atoms with Gasteiger partial charge in [0.15, 0.2) is 0 Å². The number of halogens is 1. The molecule has 4 atom stereocenters. The number of nitrogens with one attached hydrogen (secondary N) is 1. The van der Waals surface area contributed by atoms with Crippen molar-refractivity contribution in [1.82, 2.24) is 10.2 Å². The van der Waals surface area contributed by atoms with Crippen LogP contribution in [0, 0.1) is 17.7 Å². The molecule has 0 unspecified atom stereocenters. The third-order valence-corrected chi connectivity index (χ3v) is 5.03. The summed E-state index contributed by atoms with van der Waals surface area (Å²) < 4.78 is 18.1. The maximum Gasteiger partial charge on any atom is 0.326 e. The quantitative estimate of drug-likeness (QED) is 0.660. The maximum absolute atomic E-state index is 13.2. The molecule has 2 heterocycles. The van der Waals surface area contributed by atoms with Crippen LogP contribution in [-0.2, 0) is 19.1 Å². The molecule has 7 heteroatoms. The van der Waals surface area contributed by atoms with E-state index in [0.717, 1.165) is 0 Å². The Morgan fingerprint density at radius 2 is 1.92 bits per heavy atom. The van der Waals surface area contributed by atoms with Gasteiger partial charge in [0.2, 0.25) is 11.8 Å². The number of likely N-dealkylation sites (tertiary alicyclic amines) is 1. The van der Waals surface area contributed by atoms with Crippen molar-refractivity contribution in [3.05, 3.63) is 35.6 Å². The van der Waals surface area contributed by atoms with Gasteiger partial charge in [0.05, 0.1) is 18.9 Å². The SMILES string of the molecule is CCN1C(=O)[C@@H]2[C@@H](C1=O)[C@](C)(C(=O)OC)N[C@H]2c1ccc(F)cc1. The van der Waals surface area contributed by atoms with E-state index < -0.39 is 35.2 Å². The molecule has 2 aliphatic rings. The van der Waals surface area contributed by atoms with Gasteiger partial charge in [0.25, 0.3) is 0 Å². The van der Waals surface area contributed by atoms with E-state index in [2.05, 4.69) is 5.32 Å². The van der Waals surface area contributed by atoms with Gasteiger partial charge in [0.1, 0.15) is 11.4 Å². The number of rotatable bonds is 3. The van der Waals surface area contributed by atoms with E-state index in [1.165, 1.54) is 24.1 Å². The number of amides is 2. The molecule has 0 aliphatic carbocycles. The second-order valence-electron chi connectivity index (χ2n) is 6.29. The van der Waals surface area contributed by atoms with Gasteiger partial charge < -0.3 is 4.74 Å². The Morgan fingerprint density at radius 1 is 1.29 bits per heavy atom. The van der Waals surface area contributed by atoms with E-state index in [1.54, 1.807) is 26.0 Å². The lowest BCUT2D eigenvalue weighted by Gasteiger charge is -2.28. The van der Waals surface area contributed by atoms with Crippen LogP contribution in [0.3, 0.4) is 0 Å². The predicted molar refractivity (Wildman–Crippen MR) is 82.1 cm³/mol. The molecule has 1 aromatic rings. The van der Waals surface area contributed by atoms with Crippen LogP contribution < -0.4 is 5.32 Å². The molecule has 1 N–H and O–H groups in total. The Morgan fingerprint density at radius 3 is 2.46 bits per heavy atom. The summed E-state index contributed by atoms with van der Waals surface area (Å²) in [6.07, 6.45) is 0. The number of imide groups is 1. The number of carbonyl (C=O) groups excluding carboxylic acids is 3. The van der Waals surface area contributed by atoms with Crippen LogP contribution in [0.25, 0.3) is 0 Å². The molecular formula is C17H19FN2O4. The van der Waals surface area contributed by atoms with Gasteiger partial charge in [0, 0.05) is 12.6 Å². The first-order chi connectivity index (χ1) is 11.3. The molecule has 6 nitrogen and oxygen atoms in total. The minimum atomic E-state index is -1.31. The fourth-order valence-electron chi connectivity index (χ4n) is 3.87. The number of hydrogen-bond donors (Lipinski definition) is 1. The first-order valence-corrected chi connectivity index (χ1v) is 7.82. The van der Waals surface area contributed by atoms with E-state index >= 15 is 0 Å². The van der Waals surface area contributed by atoms with Crippen molar-refractivity contribution in [2.75, 3.05) is 13.7 Å². The lowest BCUT2D eigenvalue weighted by atomic mass is 9.80. The highest BCUT2D eigenvalue weighted by atomic mass is 19.1. The number of carbonyl (C=O) groups is 3. The number of esters is 1. The summed E-state index contributed by atoms with van der Waals surface area (Å²) in [7, 11) is 1.24. The number of ether oxygens (including phenoxy) is 1. The van der Waals surface area contributed by atoms with Crippen LogP contribution in [-0.4, -0.2) is 41.9 Å². The Bertz CT molecular complexity index is 705. The predicted octanol–water partition coefficient (Wildman–Crippen LogP) is 1.02. The summed E-state index contributed by atoms with van der Waals surface area (Å²) in [4.78, 5) is 38.9. The monoisotopic (exact) mass is 334 g/mol. The highest BCUT2D eigenvalue weighted by molar-refractivity contribution is 6.09. The van der Waals surface area contributed by atoms with Crippen molar-refractivity contribution in [1.29, 1.82) is 0 Å². The number of hydrogen-bond acceptors (Lipinski definition) is 5. The minimum absolute atomic E-state index is 0.248. The van der Waals surface area contributed by atoms with Gasteiger partial charge >= 0.3 is 5.97 Å². The molecule has 0 spiro atoms. The van der Waals surface area contributed by atoms with Crippen molar-refractivity contribution in [2.24, 2.45) is 11.8 Å². The Hall–Kier alpha value is -2.28. The molecule has 2 amide bonds. The zero-order valence-electron chi connectivity index (χ0n) is 13.7. The Kier molecular flexibility index (Phi) is 3.91. The van der Waals surface area contributed by atoms with Crippen LogP contribution in [0.4, 0.5) is 4.39 Å². The average Bonchev–Trinajstić information content (AvgIpc) is 3.02. The van der Waals surface area contributed by atoms with E-state index in [1.807, 2.05) is 0 Å². The summed E-state index contributed by atoms with van der Waals surface area (Å²) in [5.41, 5.74) is -0.659. The van der Waals surface area contributed by atoms with Gasteiger partial charge in [-0.05, 0) is 31.5 Å². The van der Waals surface area contributed by atoms with Crippen LogP contribution in [0.5, 0.6) is 0 Å². The molecule has 0 saturated carbocycles. The van der Waals surface area contributed by atoms with E-state index in [0.29, 0.717) is 5.56 Å². The number of methoxy groups -OCH3 is 1. The van der Waals surface area contributed by atoms with E-state index in [9.17, 15) is 18.8 Å². The summed E-state index contributed by atoms with van der Waals surface area (Å²) in [6.45, 7) is 3.54. The van der Waals surface area contributed by atoms with Crippen molar-refractivity contribution in [3.8, 4) is 0 Å². The highest BCUT2D eigenvalue weighted by Crippen LogP contribution is 2.48. The van der Waals surface area contributed by atoms with Crippen LogP contribution in [0.1, 0.15) is 25.5 Å². The molecule has 24 heavy (non-hydrogen) atoms. The van der Waals surface area contributed by atoms with Crippen molar-refractivity contribution >= 4 is 17.8 Å². The molecule has 2 aliphatic heterocycles. The molecule has 0 radical (unpaired) electrons. The van der Waals surface area contributed by atoms with Gasteiger partial charge in [-0.1, -0.05) is 12.1 Å². The van der Waals surface area contributed by atoms with Crippen molar-refractivity contribution in [3.63, 3.8) is 0 Å². The minimum Gasteiger partial charge on any atom is -0.468 e. The second kappa shape index (κ2) is 5.66. The number of fused-ring (bicyclic) bond motifs is 1. The molecule has 2 fully saturated rings. The fraction of sp³-hybridized carbons (Fsp3) is 0.471. The van der Waals surface area contributed by atoms with Crippen LogP contribution in [0.15, 0.2) is 24.3 Å². The molecule has 128 valence electrons. The number of nitrogens with zero attached hydrogens (tertiary/aromatic N) is 1. The fourth-order valence-corrected chi connectivity index (χ4v) is 3.87. The summed E-state index contributed by atoms with van der Waals surface area (Å²) in [5, 5.41) is 3.10. The lowest BCUT2D eigenvalue weighted by molar-refractivity contribution is -0.153. The standard InChI is InChI=1S/C17H19FN2O4/c1-4-20-14(21)11-12(15(20)22)17(2,16(23)24-3)19-13(11)9-5-7-10(18)8-6-9/h5-8,11-13,19H,4H2,1-3H3/t11-,12+,13+,17-/m1/s1. The Labute approximate surface area is 139 Å². The Balaban J connectivity index is 2.09. The third kappa shape index (κ3) is 2.15. The molecule has 0 bridgehead atoms. The second-order valence-corrected chi connectivity index (χ2v) is 6.29. The zero-order valence-corrected chi connectivity index (χ0v) is 13.7.